The number of ether oxygens (including phenoxy) is 1. The lowest BCUT2D eigenvalue weighted by molar-refractivity contribution is 0.155. The molecule has 2 aliphatic carbocycles. The van der Waals surface area contributed by atoms with E-state index >= 15 is 0 Å². The van der Waals surface area contributed by atoms with Crippen LogP contribution in [-0.4, -0.2) is 16.6 Å². The van der Waals surface area contributed by atoms with Gasteiger partial charge in [0.25, 0.3) is 0 Å². The van der Waals surface area contributed by atoms with Gasteiger partial charge in [0, 0.05) is 5.56 Å². The van der Waals surface area contributed by atoms with Gasteiger partial charge >= 0.3 is 0 Å². The minimum atomic E-state index is 0.725. The molecule has 2 aromatic rings. The number of hydrogen-bond donors (Lipinski definition) is 0. The maximum atomic E-state index is 5.92. The van der Waals surface area contributed by atoms with Crippen molar-refractivity contribution in [3.05, 3.63) is 42.2 Å². The summed E-state index contributed by atoms with van der Waals surface area (Å²) in [6.07, 6.45) is 34.4. The monoisotopic (exact) mass is 574 g/mol. The summed E-state index contributed by atoms with van der Waals surface area (Å²) in [7, 11) is 0. The van der Waals surface area contributed by atoms with E-state index in [1.54, 1.807) is 0 Å². The van der Waals surface area contributed by atoms with Gasteiger partial charge in [-0.1, -0.05) is 134 Å². The molecule has 2 saturated carbocycles. The SMILES string of the molecule is CCCCCCCCCCCCOc1cnc(-c2ccc([C@H]3CC[C@H]([C@H]4CC[C@H](CCCCC)CC4)CC3)cc2)nc1. The molecule has 234 valence electrons. The molecule has 0 atom stereocenters. The molecular formula is C39H62N2O. The van der Waals surface area contributed by atoms with Gasteiger partial charge < -0.3 is 4.74 Å². The average molecular weight is 575 g/mol. The molecular weight excluding hydrogens is 512 g/mol. The van der Waals surface area contributed by atoms with Gasteiger partial charge in [0.2, 0.25) is 0 Å². The van der Waals surface area contributed by atoms with Crippen molar-refractivity contribution in [3.8, 4) is 17.1 Å². The molecule has 0 amide bonds. The van der Waals surface area contributed by atoms with E-state index in [1.807, 2.05) is 12.4 Å². The van der Waals surface area contributed by atoms with E-state index in [2.05, 4.69) is 48.1 Å². The zero-order chi connectivity index (χ0) is 29.2. The minimum Gasteiger partial charge on any atom is -0.490 e. The van der Waals surface area contributed by atoms with Crippen molar-refractivity contribution in [2.75, 3.05) is 6.61 Å². The van der Waals surface area contributed by atoms with E-state index in [1.165, 1.54) is 140 Å². The molecule has 2 fully saturated rings. The molecule has 4 rings (SSSR count). The lowest BCUT2D eigenvalue weighted by atomic mass is 9.68. The first-order valence-electron chi connectivity index (χ1n) is 18.3. The van der Waals surface area contributed by atoms with Crippen LogP contribution in [0.2, 0.25) is 0 Å². The Morgan fingerprint density at radius 3 is 1.71 bits per heavy atom. The zero-order valence-electron chi connectivity index (χ0n) is 27.3. The van der Waals surface area contributed by atoms with Crippen molar-refractivity contribution in [1.82, 2.24) is 9.97 Å². The molecule has 3 heteroatoms. The molecule has 0 radical (unpaired) electrons. The number of rotatable bonds is 19. The second-order valence-corrected chi connectivity index (χ2v) is 13.8. The number of nitrogens with zero attached hydrogens (tertiary/aromatic N) is 2. The summed E-state index contributed by atoms with van der Waals surface area (Å²) in [6, 6.07) is 9.11. The lowest BCUT2D eigenvalue weighted by Gasteiger charge is -2.38. The Morgan fingerprint density at radius 1 is 0.595 bits per heavy atom. The first-order valence-corrected chi connectivity index (χ1v) is 18.3. The summed E-state index contributed by atoms with van der Waals surface area (Å²) in [5, 5.41) is 0. The van der Waals surface area contributed by atoms with Crippen LogP contribution >= 0.6 is 0 Å². The molecule has 0 aliphatic heterocycles. The van der Waals surface area contributed by atoms with Crippen LogP contribution in [0.1, 0.15) is 167 Å². The number of aromatic nitrogens is 2. The molecule has 0 unspecified atom stereocenters. The highest BCUT2D eigenvalue weighted by atomic mass is 16.5. The lowest BCUT2D eigenvalue weighted by Crippen LogP contribution is -2.25. The van der Waals surface area contributed by atoms with E-state index in [0.717, 1.165) is 53.8 Å². The van der Waals surface area contributed by atoms with E-state index in [0.29, 0.717) is 0 Å². The van der Waals surface area contributed by atoms with Crippen LogP contribution in [0.15, 0.2) is 36.7 Å². The smallest absolute Gasteiger partial charge is 0.159 e. The first-order chi connectivity index (χ1) is 20.8. The molecule has 1 aromatic heterocycles. The summed E-state index contributed by atoms with van der Waals surface area (Å²) in [6.45, 7) is 5.37. The molecule has 0 bridgehead atoms. The highest BCUT2D eigenvalue weighted by Crippen LogP contribution is 2.44. The van der Waals surface area contributed by atoms with Gasteiger partial charge in [-0.25, -0.2) is 9.97 Å². The van der Waals surface area contributed by atoms with Crippen molar-refractivity contribution in [2.24, 2.45) is 17.8 Å². The van der Waals surface area contributed by atoms with E-state index < -0.39 is 0 Å². The minimum absolute atomic E-state index is 0.725. The summed E-state index contributed by atoms with van der Waals surface area (Å²) in [4.78, 5) is 9.23. The Kier molecular flexibility index (Phi) is 15.2. The molecule has 42 heavy (non-hydrogen) atoms. The van der Waals surface area contributed by atoms with Crippen molar-refractivity contribution >= 4 is 0 Å². The topological polar surface area (TPSA) is 35.0 Å². The highest BCUT2D eigenvalue weighted by molar-refractivity contribution is 5.55. The quantitative estimate of drug-likeness (QED) is 0.156. The van der Waals surface area contributed by atoms with Crippen LogP contribution in [0, 0.1) is 17.8 Å². The number of benzene rings is 1. The standard InChI is InChI=1S/C39H62N2O/c1-3-5-7-8-9-10-11-12-13-15-29-42-38-30-40-39(41-31-38)37-27-25-36(26-28-37)35-23-21-34(22-24-35)33-19-17-32(18-20-33)16-14-6-4-2/h25-28,30-35H,3-24,29H2,1-2H3/t32-,33-,34-,35-. The summed E-state index contributed by atoms with van der Waals surface area (Å²) in [5.74, 6) is 5.33. The van der Waals surface area contributed by atoms with Crippen molar-refractivity contribution in [2.45, 2.75) is 161 Å². The fraction of sp³-hybridized carbons (Fsp3) is 0.744. The van der Waals surface area contributed by atoms with Crippen molar-refractivity contribution in [3.63, 3.8) is 0 Å². The predicted molar refractivity (Wildman–Crippen MR) is 179 cm³/mol. The summed E-state index contributed by atoms with van der Waals surface area (Å²) < 4.78 is 5.92. The predicted octanol–water partition coefficient (Wildman–Crippen LogP) is 12.1. The zero-order valence-corrected chi connectivity index (χ0v) is 27.3. The molecule has 0 saturated heterocycles. The molecule has 1 aromatic carbocycles. The maximum absolute atomic E-state index is 5.92. The van der Waals surface area contributed by atoms with Crippen LogP contribution in [0.25, 0.3) is 11.4 Å². The molecule has 0 spiro atoms. The Labute approximate surface area is 259 Å². The molecule has 2 aliphatic rings. The van der Waals surface area contributed by atoms with E-state index in [-0.39, 0.29) is 0 Å². The van der Waals surface area contributed by atoms with Crippen LogP contribution in [0.4, 0.5) is 0 Å². The second-order valence-electron chi connectivity index (χ2n) is 13.8. The number of hydrogen-bond acceptors (Lipinski definition) is 3. The molecule has 1 heterocycles. The molecule has 0 N–H and O–H groups in total. The Morgan fingerprint density at radius 2 is 1.12 bits per heavy atom. The van der Waals surface area contributed by atoms with Gasteiger partial charge in [-0.3, -0.25) is 0 Å². The van der Waals surface area contributed by atoms with E-state index in [9.17, 15) is 0 Å². The van der Waals surface area contributed by atoms with Gasteiger partial charge in [-0.2, -0.15) is 0 Å². The number of unbranched alkanes of at least 4 members (excludes halogenated alkanes) is 11. The Balaban J connectivity index is 1.10. The third kappa shape index (κ3) is 11.3. The van der Waals surface area contributed by atoms with Gasteiger partial charge in [0.05, 0.1) is 19.0 Å². The van der Waals surface area contributed by atoms with Gasteiger partial charge in [0.1, 0.15) is 0 Å². The average Bonchev–Trinajstić information content (AvgIpc) is 3.05. The highest BCUT2D eigenvalue weighted by Gasteiger charge is 2.31. The summed E-state index contributed by atoms with van der Waals surface area (Å²) >= 11 is 0. The maximum Gasteiger partial charge on any atom is 0.159 e. The van der Waals surface area contributed by atoms with E-state index in [4.69, 9.17) is 4.74 Å². The third-order valence-electron chi connectivity index (χ3n) is 10.6. The third-order valence-corrected chi connectivity index (χ3v) is 10.6. The van der Waals surface area contributed by atoms with Crippen molar-refractivity contribution < 1.29 is 4.74 Å². The fourth-order valence-corrected chi connectivity index (χ4v) is 7.78. The largest absolute Gasteiger partial charge is 0.490 e. The Bertz CT molecular complexity index is 939. The van der Waals surface area contributed by atoms with Crippen LogP contribution < -0.4 is 4.74 Å². The first kappa shape index (κ1) is 33.0. The van der Waals surface area contributed by atoms with Gasteiger partial charge in [0.15, 0.2) is 11.6 Å². The van der Waals surface area contributed by atoms with Crippen LogP contribution in [0.5, 0.6) is 5.75 Å². The van der Waals surface area contributed by atoms with Gasteiger partial charge in [-0.05, 0) is 74.2 Å². The Hall–Kier alpha value is -1.90. The van der Waals surface area contributed by atoms with Gasteiger partial charge in [-0.15, -0.1) is 0 Å². The second kappa shape index (κ2) is 19.4. The van der Waals surface area contributed by atoms with Crippen molar-refractivity contribution in [1.29, 1.82) is 0 Å². The van der Waals surface area contributed by atoms with Crippen LogP contribution in [0.3, 0.4) is 0 Å². The normalized spacial score (nSPS) is 22.7. The fourth-order valence-electron chi connectivity index (χ4n) is 7.78. The molecule has 3 nitrogen and oxygen atoms in total. The summed E-state index contributed by atoms with van der Waals surface area (Å²) in [5.41, 5.74) is 2.61. The van der Waals surface area contributed by atoms with Crippen LogP contribution in [-0.2, 0) is 0 Å².